The molecule has 8 nitrogen and oxygen atoms in total. The van der Waals surface area contributed by atoms with Gasteiger partial charge in [-0.1, -0.05) is 55.5 Å². The van der Waals surface area contributed by atoms with Crippen molar-refractivity contribution >= 4 is 18.0 Å². The first-order valence-corrected chi connectivity index (χ1v) is 11.7. The maximum absolute atomic E-state index is 12.7. The molecule has 0 saturated carbocycles. The highest BCUT2D eigenvalue weighted by molar-refractivity contribution is 5.85. The number of alkyl carbamates (subject to hydrolysis) is 1. The maximum Gasteiger partial charge on any atom is 0.407 e. The van der Waals surface area contributed by atoms with Crippen LogP contribution in [0.15, 0.2) is 48.5 Å². The molecule has 8 heteroatoms. The molecule has 1 aliphatic carbocycles. The molecule has 0 aromatic heterocycles. The minimum atomic E-state index is -1.06. The molecule has 1 fully saturated rings. The number of hydrogen-bond acceptors (Lipinski definition) is 5. The van der Waals surface area contributed by atoms with Crippen LogP contribution in [0, 0.1) is 5.92 Å². The standard InChI is InChI=1S/C26H30N2O6/c1-17(24(29)28-13-14-33-16-23(28)25(30)31)7-6-12-27-26(32)34-15-22-20-10-4-2-8-18(20)19-9-3-5-11-21(19)22/h2-5,8-11,17,22-23H,6-7,12-16H2,1H3,(H,27,32)(H,30,31). The number of ether oxygens (including phenoxy) is 2. The summed E-state index contributed by atoms with van der Waals surface area (Å²) in [6, 6.07) is 15.4. The number of carboxylic acid groups (broad SMARTS) is 1. The predicted molar refractivity (Wildman–Crippen MR) is 125 cm³/mol. The first-order valence-electron chi connectivity index (χ1n) is 11.7. The van der Waals surface area contributed by atoms with Gasteiger partial charge in [-0.25, -0.2) is 9.59 Å². The van der Waals surface area contributed by atoms with Gasteiger partial charge in [-0.3, -0.25) is 4.79 Å². The third-order valence-corrected chi connectivity index (χ3v) is 6.55. The number of fused-ring (bicyclic) bond motifs is 3. The van der Waals surface area contributed by atoms with Crippen LogP contribution in [0.2, 0.25) is 0 Å². The lowest BCUT2D eigenvalue weighted by atomic mass is 9.98. The number of benzene rings is 2. The molecule has 2 atom stereocenters. The number of carboxylic acids is 1. The van der Waals surface area contributed by atoms with Crippen LogP contribution >= 0.6 is 0 Å². The molecule has 2 aromatic rings. The Morgan fingerprint density at radius 1 is 1.12 bits per heavy atom. The lowest BCUT2D eigenvalue weighted by molar-refractivity contribution is -0.160. The van der Waals surface area contributed by atoms with E-state index in [9.17, 15) is 19.5 Å². The molecule has 1 saturated heterocycles. The van der Waals surface area contributed by atoms with E-state index in [2.05, 4.69) is 29.6 Å². The molecule has 0 bridgehead atoms. The summed E-state index contributed by atoms with van der Waals surface area (Å²) in [5.41, 5.74) is 4.67. The summed E-state index contributed by atoms with van der Waals surface area (Å²) in [7, 11) is 0. The summed E-state index contributed by atoms with van der Waals surface area (Å²) in [4.78, 5) is 37.7. The van der Waals surface area contributed by atoms with E-state index in [4.69, 9.17) is 9.47 Å². The fraction of sp³-hybridized carbons (Fsp3) is 0.423. The van der Waals surface area contributed by atoms with Crippen LogP contribution in [0.3, 0.4) is 0 Å². The van der Waals surface area contributed by atoms with Crippen LogP contribution in [0.4, 0.5) is 4.79 Å². The number of carbonyl (C=O) groups is 3. The second kappa shape index (κ2) is 10.7. The molecule has 0 radical (unpaired) electrons. The summed E-state index contributed by atoms with van der Waals surface area (Å²) < 4.78 is 10.7. The zero-order valence-corrected chi connectivity index (χ0v) is 19.2. The number of rotatable bonds is 8. The normalized spacial score (nSPS) is 18.0. The summed E-state index contributed by atoms with van der Waals surface area (Å²) in [6.07, 6.45) is 0.630. The number of aliphatic carboxylic acids is 1. The van der Waals surface area contributed by atoms with Crippen LogP contribution < -0.4 is 5.32 Å². The van der Waals surface area contributed by atoms with Gasteiger partial charge in [0.15, 0.2) is 6.04 Å². The molecule has 2 N–H and O–H groups in total. The van der Waals surface area contributed by atoms with Crippen molar-refractivity contribution in [2.45, 2.75) is 31.7 Å². The average Bonchev–Trinajstić information content (AvgIpc) is 3.18. The zero-order valence-electron chi connectivity index (χ0n) is 19.2. The average molecular weight is 467 g/mol. The van der Waals surface area contributed by atoms with Crippen LogP contribution in [0.1, 0.15) is 36.8 Å². The van der Waals surface area contributed by atoms with Gasteiger partial charge in [0, 0.05) is 24.9 Å². The van der Waals surface area contributed by atoms with E-state index in [0.29, 0.717) is 26.0 Å². The number of nitrogens with zero attached hydrogens (tertiary/aromatic N) is 1. The van der Waals surface area contributed by atoms with Crippen molar-refractivity contribution in [2.24, 2.45) is 5.92 Å². The van der Waals surface area contributed by atoms with Gasteiger partial charge < -0.3 is 24.8 Å². The van der Waals surface area contributed by atoms with Crippen LogP contribution in [0.5, 0.6) is 0 Å². The molecule has 2 unspecified atom stereocenters. The van der Waals surface area contributed by atoms with Crippen LogP contribution in [0.25, 0.3) is 11.1 Å². The van der Waals surface area contributed by atoms with Crippen LogP contribution in [-0.4, -0.2) is 66.9 Å². The number of carbonyl (C=O) groups excluding carboxylic acids is 2. The molecule has 1 aliphatic heterocycles. The van der Waals surface area contributed by atoms with Crippen molar-refractivity contribution in [3.8, 4) is 11.1 Å². The summed E-state index contributed by atoms with van der Waals surface area (Å²) in [5.74, 6) is -1.59. The molecule has 2 aliphatic rings. The fourth-order valence-corrected chi connectivity index (χ4v) is 4.73. The lowest BCUT2D eigenvalue weighted by Gasteiger charge is -2.34. The first-order chi connectivity index (χ1) is 16.5. The number of morpholine rings is 1. The molecule has 4 rings (SSSR count). The smallest absolute Gasteiger partial charge is 0.407 e. The van der Waals surface area contributed by atoms with Crippen molar-refractivity contribution in [3.63, 3.8) is 0 Å². The summed E-state index contributed by atoms with van der Waals surface area (Å²) in [5, 5.41) is 12.1. The van der Waals surface area contributed by atoms with Gasteiger partial charge in [0.2, 0.25) is 5.91 Å². The lowest BCUT2D eigenvalue weighted by Crippen LogP contribution is -2.54. The Balaban J connectivity index is 1.22. The maximum atomic E-state index is 12.7. The third-order valence-electron chi connectivity index (χ3n) is 6.55. The van der Waals surface area contributed by atoms with E-state index < -0.39 is 18.1 Å². The van der Waals surface area contributed by atoms with Crippen molar-refractivity contribution in [3.05, 3.63) is 59.7 Å². The molecule has 180 valence electrons. The molecule has 2 amide bonds. The fourth-order valence-electron chi connectivity index (χ4n) is 4.73. The minimum Gasteiger partial charge on any atom is -0.480 e. The van der Waals surface area contributed by atoms with Crippen molar-refractivity contribution in [1.82, 2.24) is 10.2 Å². The van der Waals surface area contributed by atoms with Crippen molar-refractivity contribution < 1.29 is 29.0 Å². The van der Waals surface area contributed by atoms with E-state index >= 15 is 0 Å². The summed E-state index contributed by atoms with van der Waals surface area (Å²) >= 11 is 0. The van der Waals surface area contributed by atoms with E-state index in [1.807, 2.05) is 24.3 Å². The minimum absolute atomic E-state index is 0.00602. The van der Waals surface area contributed by atoms with Gasteiger partial charge in [0.25, 0.3) is 0 Å². The second-order valence-corrected chi connectivity index (χ2v) is 8.76. The molecule has 0 spiro atoms. The monoisotopic (exact) mass is 466 g/mol. The Morgan fingerprint density at radius 2 is 1.76 bits per heavy atom. The van der Waals surface area contributed by atoms with E-state index in [1.54, 1.807) is 6.92 Å². The Hall–Kier alpha value is -3.39. The molecular formula is C26H30N2O6. The highest BCUT2D eigenvalue weighted by Gasteiger charge is 2.34. The van der Waals surface area contributed by atoms with Gasteiger partial charge in [-0.05, 0) is 35.1 Å². The Kier molecular flexibility index (Phi) is 7.47. The topological polar surface area (TPSA) is 105 Å². The number of amides is 2. The Morgan fingerprint density at radius 3 is 2.41 bits per heavy atom. The van der Waals surface area contributed by atoms with Gasteiger partial charge in [-0.2, -0.15) is 0 Å². The largest absolute Gasteiger partial charge is 0.480 e. The SMILES string of the molecule is CC(CCCNC(=O)OCC1c2ccccc2-c2ccccc21)C(=O)N1CCOCC1C(=O)O. The van der Waals surface area contributed by atoms with E-state index in [-0.39, 0.29) is 37.5 Å². The second-order valence-electron chi connectivity index (χ2n) is 8.76. The molecule has 34 heavy (non-hydrogen) atoms. The third kappa shape index (κ3) is 5.07. The molecule has 1 heterocycles. The predicted octanol–water partition coefficient (Wildman–Crippen LogP) is 3.25. The van der Waals surface area contributed by atoms with Crippen molar-refractivity contribution in [1.29, 1.82) is 0 Å². The van der Waals surface area contributed by atoms with Crippen molar-refractivity contribution in [2.75, 3.05) is 32.9 Å². The quantitative estimate of drug-likeness (QED) is 0.579. The highest BCUT2D eigenvalue weighted by Crippen LogP contribution is 2.44. The number of hydrogen-bond donors (Lipinski definition) is 2. The molecular weight excluding hydrogens is 436 g/mol. The Bertz CT molecular complexity index is 1010. The van der Waals surface area contributed by atoms with E-state index in [1.165, 1.54) is 16.0 Å². The van der Waals surface area contributed by atoms with E-state index in [0.717, 1.165) is 11.1 Å². The molecule has 2 aromatic carbocycles. The van der Waals surface area contributed by atoms with Crippen LogP contribution in [-0.2, 0) is 19.1 Å². The number of nitrogens with one attached hydrogen (secondary N) is 1. The highest BCUT2D eigenvalue weighted by atomic mass is 16.5. The first kappa shape index (κ1) is 23.8. The Labute approximate surface area is 198 Å². The summed E-state index contributed by atoms with van der Waals surface area (Å²) in [6.45, 7) is 3.03. The van der Waals surface area contributed by atoms with Gasteiger partial charge in [0.05, 0.1) is 13.2 Å². The van der Waals surface area contributed by atoms with Gasteiger partial charge in [0.1, 0.15) is 6.61 Å². The zero-order chi connectivity index (χ0) is 24.1. The van der Waals surface area contributed by atoms with Gasteiger partial charge >= 0.3 is 12.1 Å². The van der Waals surface area contributed by atoms with Gasteiger partial charge in [-0.15, -0.1) is 0 Å².